The van der Waals surface area contributed by atoms with Crippen LogP contribution in [0.25, 0.3) is 0 Å². The quantitative estimate of drug-likeness (QED) is 0.846. The highest BCUT2D eigenvalue weighted by Gasteiger charge is 2.22. The summed E-state index contributed by atoms with van der Waals surface area (Å²) in [7, 11) is 0. The highest BCUT2D eigenvalue weighted by molar-refractivity contribution is 5.78. The molecule has 1 fully saturated rings. The van der Waals surface area contributed by atoms with E-state index in [0.717, 1.165) is 36.6 Å². The lowest BCUT2D eigenvalue weighted by Gasteiger charge is -2.23. The molecule has 5 nitrogen and oxygen atoms in total. The fourth-order valence-electron chi connectivity index (χ4n) is 3.83. The Bertz CT molecular complexity index is 610. The van der Waals surface area contributed by atoms with Crippen LogP contribution in [0.2, 0.25) is 0 Å². The van der Waals surface area contributed by atoms with Crippen molar-refractivity contribution in [1.82, 2.24) is 10.2 Å². The second-order valence-electron chi connectivity index (χ2n) is 7.45. The van der Waals surface area contributed by atoms with Gasteiger partial charge in [-0.25, -0.2) is 0 Å². The van der Waals surface area contributed by atoms with Crippen molar-refractivity contribution >= 4 is 5.91 Å². The molecule has 0 spiro atoms. The predicted octanol–water partition coefficient (Wildman–Crippen LogP) is 3.29. The van der Waals surface area contributed by atoms with E-state index in [0.29, 0.717) is 19.7 Å². The summed E-state index contributed by atoms with van der Waals surface area (Å²) in [6.45, 7) is 7.70. The highest BCUT2D eigenvalue weighted by Crippen LogP contribution is 2.35. The molecule has 1 aromatic rings. The van der Waals surface area contributed by atoms with Crippen molar-refractivity contribution in [2.24, 2.45) is 0 Å². The van der Waals surface area contributed by atoms with Crippen molar-refractivity contribution in [3.63, 3.8) is 0 Å². The molecule has 1 aromatic carbocycles. The molecule has 5 heteroatoms. The number of rotatable bonds is 6. The first-order valence-corrected chi connectivity index (χ1v) is 10.1. The van der Waals surface area contributed by atoms with E-state index in [4.69, 9.17) is 9.47 Å². The van der Waals surface area contributed by atoms with Crippen molar-refractivity contribution in [3.8, 4) is 11.5 Å². The minimum absolute atomic E-state index is 0.0859. The Morgan fingerprint density at radius 1 is 1.23 bits per heavy atom. The minimum Gasteiger partial charge on any atom is -0.494 e. The number of carbonyl (C=O) groups excluding carboxylic acids is 1. The smallest absolute Gasteiger partial charge is 0.234 e. The zero-order chi connectivity index (χ0) is 18.4. The molecule has 1 amide bonds. The van der Waals surface area contributed by atoms with Gasteiger partial charge in [-0.15, -0.1) is 0 Å². The van der Waals surface area contributed by atoms with Crippen LogP contribution in [0.5, 0.6) is 11.5 Å². The van der Waals surface area contributed by atoms with Gasteiger partial charge in [0.2, 0.25) is 5.91 Å². The van der Waals surface area contributed by atoms with E-state index in [2.05, 4.69) is 23.2 Å². The Kier molecular flexibility index (Phi) is 6.78. The van der Waals surface area contributed by atoms with Crippen LogP contribution in [0.3, 0.4) is 0 Å². The van der Waals surface area contributed by atoms with Crippen LogP contribution in [0.1, 0.15) is 57.1 Å². The van der Waals surface area contributed by atoms with Crippen LogP contribution in [-0.2, 0) is 17.8 Å². The van der Waals surface area contributed by atoms with E-state index < -0.39 is 0 Å². The average molecular weight is 360 g/mol. The summed E-state index contributed by atoms with van der Waals surface area (Å²) in [5.74, 6) is 1.87. The van der Waals surface area contributed by atoms with Crippen molar-refractivity contribution in [2.45, 2.75) is 65.0 Å². The van der Waals surface area contributed by atoms with Crippen molar-refractivity contribution < 1.29 is 14.3 Å². The van der Waals surface area contributed by atoms with Crippen molar-refractivity contribution in [1.29, 1.82) is 0 Å². The average Bonchev–Trinajstić information content (AvgIpc) is 2.94. The molecular weight excluding hydrogens is 328 g/mol. The highest BCUT2D eigenvalue weighted by atomic mass is 16.5. The number of fused-ring (bicyclic) bond motifs is 1. The van der Waals surface area contributed by atoms with E-state index in [1.54, 1.807) is 0 Å². The lowest BCUT2D eigenvalue weighted by Crippen LogP contribution is -2.38. The molecule has 2 heterocycles. The fourth-order valence-corrected chi connectivity index (χ4v) is 3.83. The van der Waals surface area contributed by atoms with Crippen molar-refractivity contribution in [3.05, 3.63) is 23.3 Å². The van der Waals surface area contributed by atoms with E-state index in [9.17, 15) is 4.79 Å². The number of carbonyl (C=O) groups is 1. The maximum Gasteiger partial charge on any atom is 0.234 e. The first-order chi connectivity index (χ1) is 12.7. The fraction of sp³-hybridized carbons (Fsp3) is 0.667. The van der Waals surface area contributed by atoms with Crippen LogP contribution >= 0.6 is 0 Å². The number of hydrogen-bond donors (Lipinski definition) is 1. The van der Waals surface area contributed by atoms with Gasteiger partial charge < -0.3 is 14.8 Å². The van der Waals surface area contributed by atoms with E-state index >= 15 is 0 Å². The molecule has 1 atom stereocenters. The zero-order valence-electron chi connectivity index (χ0n) is 16.2. The second-order valence-corrected chi connectivity index (χ2v) is 7.45. The molecule has 1 saturated heterocycles. The van der Waals surface area contributed by atoms with Gasteiger partial charge in [-0.05, 0) is 51.9 Å². The first kappa shape index (κ1) is 19.0. The summed E-state index contributed by atoms with van der Waals surface area (Å²) in [5, 5.41) is 3.07. The zero-order valence-corrected chi connectivity index (χ0v) is 16.2. The third-order valence-electron chi connectivity index (χ3n) is 5.17. The largest absolute Gasteiger partial charge is 0.494 e. The molecular formula is C21H32N2O3. The SMILES string of the molecule is CCOc1cc2c(cc1CNC(=O)CN1CCCCCCC1)O[C@H](C)C2. The summed E-state index contributed by atoms with van der Waals surface area (Å²) in [6.07, 6.45) is 7.41. The number of ether oxygens (including phenoxy) is 2. The van der Waals surface area contributed by atoms with Gasteiger partial charge in [0.1, 0.15) is 17.6 Å². The number of benzene rings is 1. The molecule has 0 unspecified atom stereocenters. The Morgan fingerprint density at radius 3 is 2.69 bits per heavy atom. The van der Waals surface area contributed by atoms with Crippen LogP contribution in [0, 0.1) is 0 Å². The standard InChI is InChI=1S/C21H32N2O3/c1-3-25-19-12-17-11-16(2)26-20(17)13-18(19)14-22-21(24)15-23-9-7-5-4-6-8-10-23/h12-13,16H,3-11,14-15H2,1-2H3,(H,22,24)/t16-/m1/s1. The van der Waals surface area contributed by atoms with Gasteiger partial charge in [-0.2, -0.15) is 0 Å². The van der Waals surface area contributed by atoms with Gasteiger partial charge in [0, 0.05) is 24.1 Å². The van der Waals surface area contributed by atoms with Crippen molar-refractivity contribution in [2.75, 3.05) is 26.2 Å². The van der Waals surface area contributed by atoms with Gasteiger partial charge in [0.05, 0.1) is 13.2 Å². The Labute approximate surface area is 157 Å². The van der Waals surface area contributed by atoms with Gasteiger partial charge in [0.25, 0.3) is 0 Å². The number of hydrogen-bond acceptors (Lipinski definition) is 4. The van der Waals surface area contributed by atoms with E-state index in [1.165, 1.54) is 37.7 Å². The summed E-state index contributed by atoms with van der Waals surface area (Å²) >= 11 is 0. The molecule has 0 aliphatic carbocycles. The summed E-state index contributed by atoms with van der Waals surface area (Å²) in [6, 6.07) is 4.10. The third kappa shape index (κ3) is 5.13. The predicted molar refractivity (Wildman–Crippen MR) is 103 cm³/mol. The summed E-state index contributed by atoms with van der Waals surface area (Å²) in [4.78, 5) is 14.7. The number of amides is 1. The van der Waals surface area contributed by atoms with E-state index in [-0.39, 0.29) is 12.0 Å². The van der Waals surface area contributed by atoms with Crippen LogP contribution in [0.4, 0.5) is 0 Å². The molecule has 0 aromatic heterocycles. The Hall–Kier alpha value is -1.75. The van der Waals surface area contributed by atoms with Crippen LogP contribution in [-0.4, -0.2) is 43.2 Å². The molecule has 144 valence electrons. The second kappa shape index (κ2) is 9.26. The van der Waals surface area contributed by atoms with Gasteiger partial charge in [0.15, 0.2) is 0 Å². The topological polar surface area (TPSA) is 50.8 Å². The minimum atomic E-state index is 0.0859. The van der Waals surface area contributed by atoms with Gasteiger partial charge in [-0.1, -0.05) is 19.3 Å². The monoisotopic (exact) mass is 360 g/mol. The third-order valence-corrected chi connectivity index (χ3v) is 5.17. The summed E-state index contributed by atoms with van der Waals surface area (Å²) in [5.41, 5.74) is 2.18. The maximum atomic E-state index is 12.4. The molecule has 26 heavy (non-hydrogen) atoms. The maximum absolute atomic E-state index is 12.4. The summed E-state index contributed by atoms with van der Waals surface area (Å²) < 4.78 is 11.7. The Balaban J connectivity index is 1.57. The molecule has 0 saturated carbocycles. The molecule has 2 aliphatic rings. The normalized spacial score (nSPS) is 20.6. The molecule has 2 aliphatic heterocycles. The Morgan fingerprint density at radius 2 is 1.96 bits per heavy atom. The molecule has 1 N–H and O–H groups in total. The number of nitrogens with zero attached hydrogens (tertiary/aromatic N) is 1. The van der Waals surface area contributed by atoms with Crippen LogP contribution < -0.4 is 14.8 Å². The van der Waals surface area contributed by atoms with Crippen LogP contribution in [0.15, 0.2) is 12.1 Å². The lowest BCUT2D eigenvalue weighted by atomic mass is 10.1. The van der Waals surface area contributed by atoms with Gasteiger partial charge in [-0.3, -0.25) is 9.69 Å². The lowest BCUT2D eigenvalue weighted by molar-refractivity contribution is -0.122. The molecule has 3 rings (SSSR count). The molecule has 0 radical (unpaired) electrons. The van der Waals surface area contributed by atoms with E-state index in [1.807, 2.05) is 13.0 Å². The first-order valence-electron chi connectivity index (χ1n) is 10.1. The molecule has 0 bridgehead atoms. The number of likely N-dealkylation sites (tertiary alicyclic amines) is 1. The number of nitrogens with one attached hydrogen (secondary N) is 1. The van der Waals surface area contributed by atoms with Gasteiger partial charge >= 0.3 is 0 Å².